The Morgan fingerprint density at radius 1 is 1.35 bits per heavy atom. The summed E-state index contributed by atoms with van der Waals surface area (Å²) in [5.74, 6) is 0.0774. The van der Waals surface area contributed by atoms with Gasteiger partial charge in [-0.3, -0.25) is 14.5 Å². The van der Waals surface area contributed by atoms with Crippen molar-refractivity contribution < 1.29 is 9.59 Å². The summed E-state index contributed by atoms with van der Waals surface area (Å²) < 4.78 is 0. The quantitative estimate of drug-likeness (QED) is 0.751. The Labute approximate surface area is 103 Å². The number of hydrogen-bond donors (Lipinski definition) is 1. The van der Waals surface area contributed by atoms with E-state index in [0.717, 1.165) is 32.2 Å². The summed E-state index contributed by atoms with van der Waals surface area (Å²) in [7, 11) is 0. The van der Waals surface area contributed by atoms with Crippen LogP contribution in [0.5, 0.6) is 0 Å². The third-order valence-corrected chi connectivity index (χ3v) is 4.41. The van der Waals surface area contributed by atoms with E-state index in [0.29, 0.717) is 19.0 Å². The van der Waals surface area contributed by atoms with Crippen LogP contribution in [0, 0.1) is 5.41 Å². The van der Waals surface area contributed by atoms with Gasteiger partial charge < -0.3 is 5.32 Å². The molecule has 2 rings (SSSR count). The van der Waals surface area contributed by atoms with E-state index in [-0.39, 0.29) is 11.8 Å². The van der Waals surface area contributed by atoms with Gasteiger partial charge >= 0.3 is 0 Å². The lowest BCUT2D eigenvalue weighted by molar-refractivity contribution is -0.142. The van der Waals surface area contributed by atoms with Crippen molar-refractivity contribution in [1.82, 2.24) is 10.2 Å². The first-order valence-corrected chi connectivity index (χ1v) is 6.71. The monoisotopic (exact) mass is 238 g/mol. The van der Waals surface area contributed by atoms with E-state index in [9.17, 15) is 9.59 Å². The normalized spacial score (nSPS) is 28.1. The number of nitrogens with zero attached hydrogens (tertiary/aromatic N) is 1. The molecule has 0 radical (unpaired) electrons. The zero-order chi connectivity index (χ0) is 12.5. The van der Waals surface area contributed by atoms with E-state index >= 15 is 0 Å². The van der Waals surface area contributed by atoms with Crippen LogP contribution < -0.4 is 5.32 Å². The highest BCUT2D eigenvalue weighted by molar-refractivity contribution is 6.05. The van der Waals surface area contributed by atoms with Crippen LogP contribution in [0.15, 0.2) is 0 Å². The fourth-order valence-electron chi connectivity index (χ4n) is 2.98. The summed E-state index contributed by atoms with van der Waals surface area (Å²) in [6.45, 7) is 5.59. The Kier molecular flexibility index (Phi) is 3.52. The molecular formula is C13H22N2O2. The van der Waals surface area contributed by atoms with Crippen LogP contribution in [0.2, 0.25) is 0 Å². The highest BCUT2D eigenvalue weighted by Gasteiger charge is 2.49. The van der Waals surface area contributed by atoms with E-state index in [1.807, 2.05) is 13.8 Å². The minimum absolute atomic E-state index is 0.0207. The summed E-state index contributed by atoms with van der Waals surface area (Å²) >= 11 is 0. The Hall–Kier alpha value is -0.900. The molecule has 2 saturated heterocycles. The molecule has 0 aliphatic carbocycles. The van der Waals surface area contributed by atoms with Crippen molar-refractivity contribution in [2.24, 2.45) is 5.41 Å². The van der Waals surface area contributed by atoms with E-state index in [1.165, 1.54) is 4.90 Å². The maximum absolute atomic E-state index is 12.4. The van der Waals surface area contributed by atoms with Gasteiger partial charge in [0.1, 0.15) is 0 Å². The van der Waals surface area contributed by atoms with Crippen LogP contribution in [0.4, 0.5) is 0 Å². The SMILES string of the molecule is CCC1(CC)CC(=O)N(CC2CCCN2)C1=O. The second-order valence-corrected chi connectivity index (χ2v) is 5.27. The van der Waals surface area contributed by atoms with Crippen LogP contribution in [0.1, 0.15) is 46.0 Å². The maximum Gasteiger partial charge on any atom is 0.235 e. The number of carbonyl (C=O) groups is 2. The lowest BCUT2D eigenvalue weighted by atomic mass is 9.81. The van der Waals surface area contributed by atoms with Gasteiger partial charge in [0.05, 0.1) is 5.41 Å². The van der Waals surface area contributed by atoms with E-state index in [4.69, 9.17) is 0 Å². The zero-order valence-electron chi connectivity index (χ0n) is 10.8. The number of nitrogens with one attached hydrogen (secondary N) is 1. The second-order valence-electron chi connectivity index (χ2n) is 5.27. The van der Waals surface area contributed by atoms with Gasteiger partial charge in [-0.15, -0.1) is 0 Å². The molecule has 0 bridgehead atoms. The molecule has 96 valence electrons. The first-order chi connectivity index (χ1) is 8.13. The third kappa shape index (κ3) is 2.10. The molecule has 1 unspecified atom stereocenters. The van der Waals surface area contributed by atoms with Gasteiger partial charge in [0.15, 0.2) is 0 Å². The van der Waals surface area contributed by atoms with Crippen LogP contribution >= 0.6 is 0 Å². The standard InChI is InChI=1S/C13H22N2O2/c1-3-13(4-2)8-11(16)15(12(13)17)9-10-6-5-7-14-10/h10,14H,3-9H2,1-2H3. The first-order valence-electron chi connectivity index (χ1n) is 6.71. The second kappa shape index (κ2) is 4.77. The number of likely N-dealkylation sites (tertiary alicyclic amines) is 1. The predicted octanol–water partition coefficient (Wildman–Crippen LogP) is 1.30. The number of rotatable bonds is 4. The summed E-state index contributed by atoms with van der Waals surface area (Å²) in [6.07, 6.45) is 4.16. The molecule has 2 aliphatic rings. The topological polar surface area (TPSA) is 49.4 Å². The Bertz CT molecular complexity index is 317. The number of amides is 2. The van der Waals surface area contributed by atoms with Gasteiger partial charge in [-0.05, 0) is 32.2 Å². The minimum Gasteiger partial charge on any atom is -0.312 e. The maximum atomic E-state index is 12.4. The van der Waals surface area contributed by atoms with Crippen molar-refractivity contribution in [2.45, 2.75) is 52.0 Å². The molecule has 1 atom stereocenters. The number of imide groups is 1. The first kappa shape index (κ1) is 12.6. The van der Waals surface area contributed by atoms with Crippen LogP contribution in [-0.4, -0.2) is 35.8 Å². The summed E-state index contributed by atoms with van der Waals surface area (Å²) in [4.78, 5) is 25.8. The van der Waals surface area contributed by atoms with Gasteiger partial charge in [0.25, 0.3) is 0 Å². The largest absolute Gasteiger partial charge is 0.312 e. The molecule has 2 heterocycles. The lowest BCUT2D eigenvalue weighted by Gasteiger charge is -2.25. The molecule has 0 aromatic carbocycles. The molecular weight excluding hydrogens is 216 g/mol. The van der Waals surface area contributed by atoms with Crippen molar-refractivity contribution in [3.05, 3.63) is 0 Å². The summed E-state index contributed by atoms with van der Waals surface area (Å²) in [6, 6.07) is 0.312. The van der Waals surface area contributed by atoms with E-state index < -0.39 is 5.41 Å². The molecule has 2 amide bonds. The average Bonchev–Trinajstić information content (AvgIpc) is 2.91. The van der Waals surface area contributed by atoms with E-state index in [1.54, 1.807) is 0 Å². The van der Waals surface area contributed by atoms with Crippen LogP contribution in [-0.2, 0) is 9.59 Å². The molecule has 17 heavy (non-hydrogen) atoms. The lowest BCUT2D eigenvalue weighted by Crippen LogP contribution is -2.42. The fraction of sp³-hybridized carbons (Fsp3) is 0.846. The highest BCUT2D eigenvalue weighted by Crippen LogP contribution is 2.39. The van der Waals surface area contributed by atoms with Crippen molar-refractivity contribution in [3.8, 4) is 0 Å². The molecule has 4 nitrogen and oxygen atoms in total. The van der Waals surface area contributed by atoms with E-state index in [2.05, 4.69) is 5.32 Å². The molecule has 4 heteroatoms. The van der Waals surface area contributed by atoms with Gasteiger partial charge in [-0.1, -0.05) is 13.8 Å². The van der Waals surface area contributed by atoms with Crippen molar-refractivity contribution in [3.63, 3.8) is 0 Å². The molecule has 2 fully saturated rings. The number of carbonyl (C=O) groups excluding carboxylic acids is 2. The molecule has 2 aliphatic heterocycles. The Morgan fingerprint density at radius 2 is 2.06 bits per heavy atom. The smallest absolute Gasteiger partial charge is 0.235 e. The summed E-state index contributed by atoms with van der Waals surface area (Å²) in [5, 5.41) is 3.34. The van der Waals surface area contributed by atoms with Crippen LogP contribution in [0.3, 0.4) is 0 Å². The average molecular weight is 238 g/mol. The summed E-state index contributed by atoms with van der Waals surface area (Å²) in [5.41, 5.74) is -0.407. The van der Waals surface area contributed by atoms with Crippen molar-refractivity contribution >= 4 is 11.8 Å². The Balaban J connectivity index is 2.07. The Morgan fingerprint density at radius 3 is 2.53 bits per heavy atom. The number of hydrogen-bond acceptors (Lipinski definition) is 3. The van der Waals surface area contributed by atoms with Gasteiger partial charge in [0.2, 0.25) is 11.8 Å². The predicted molar refractivity (Wildman–Crippen MR) is 65.4 cm³/mol. The fourth-order valence-corrected chi connectivity index (χ4v) is 2.98. The molecule has 0 aromatic rings. The molecule has 0 spiro atoms. The molecule has 0 aromatic heterocycles. The third-order valence-electron chi connectivity index (χ3n) is 4.41. The highest BCUT2D eigenvalue weighted by atomic mass is 16.2. The molecule has 1 N–H and O–H groups in total. The molecule has 0 saturated carbocycles. The zero-order valence-corrected chi connectivity index (χ0v) is 10.8. The minimum atomic E-state index is -0.407. The van der Waals surface area contributed by atoms with Crippen LogP contribution in [0.25, 0.3) is 0 Å². The van der Waals surface area contributed by atoms with Crippen molar-refractivity contribution in [2.75, 3.05) is 13.1 Å². The van der Waals surface area contributed by atoms with Gasteiger partial charge in [-0.2, -0.15) is 0 Å². The van der Waals surface area contributed by atoms with Crippen molar-refractivity contribution in [1.29, 1.82) is 0 Å². The van der Waals surface area contributed by atoms with Gasteiger partial charge in [0, 0.05) is 19.0 Å². The van der Waals surface area contributed by atoms with Gasteiger partial charge in [-0.25, -0.2) is 0 Å².